The fourth-order valence-electron chi connectivity index (χ4n) is 5.62. The van der Waals surface area contributed by atoms with Crippen LogP contribution in [-0.2, 0) is 11.3 Å². The zero-order valence-corrected chi connectivity index (χ0v) is 20.5. The molecule has 0 saturated carbocycles. The summed E-state index contributed by atoms with van der Waals surface area (Å²) in [6, 6.07) is 14.2. The zero-order chi connectivity index (χ0) is 24.5. The number of imide groups is 1. The molecule has 3 amide bonds. The van der Waals surface area contributed by atoms with E-state index in [0.717, 1.165) is 51.1 Å². The van der Waals surface area contributed by atoms with E-state index in [2.05, 4.69) is 18.7 Å². The Bertz CT molecular complexity index is 1060. The number of carbonyl (C=O) groups is 3. The van der Waals surface area contributed by atoms with Crippen molar-refractivity contribution in [3.8, 4) is 0 Å². The lowest BCUT2D eigenvalue weighted by atomic mass is 9.95. The van der Waals surface area contributed by atoms with Crippen LogP contribution in [0.1, 0.15) is 63.3 Å². The second-order valence-corrected chi connectivity index (χ2v) is 10.2. The van der Waals surface area contributed by atoms with E-state index in [1.807, 2.05) is 17.0 Å². The van der Waals surface area contributed by atoms with E-state index in [-0.39, 0.29) is 36.5 Å². The number of hydrogen-bond acceptors (Lipinski definition) is 5. The summed E-state index contributed by atoms with van der Waals surface area (Å²) in [4.78, 5) is 44.0. The summed E-state index contributed by atoms with van der Waals surface area (Å²) in [5, 5.41) is 0. The first-order valence-electron chi connectivity index (χ1n) is 12.6. The Morgan fingerprint density at radius 1 is 0.886 bits per heavy atom. The van der Waals surface area contributed by atoms with Crippen molar-refractivity contribution in [3.63, 3.8) is 0 Å². The van der Waals surface area contributed by atoms with Gasteiger partial charge in [-0.1, -0.05) is 24.3 Å². The van der Waals surface area contributed by atoms with Crippen LogP contribution >= 0.6 is 0 Å². The molecule has 35 heavy (non-hydrogen) atoms. The van der Waals surface area contributed by atoms with E-state index in [1.165, 1.54) is 4.90 Å². The standard InChI is InChI=1S/C28H33N3O4/c1-19-15-29(16-20(2)35-19)17-22-11-13-30(14-12-22)26(32)23-9-7-21(8-10-23)18-31-27(33)24-5-3-4-6-25(24)28(31)34/h3-10,19-20,22H,11-18H2,1-2H3. The van der Waals surface area contributed by atoms with Gasteiger partial charge in [0.25, 0.3) is 17.7 Å². The Kier molecular flexibility index (Phi) is 6.71. The van der Waals surface area contributed by atoms with Crippen LogP contribution in [-0.4, -0.2) is 77.4 Å². The summed E-state index contributed by atoms with van der Waals surface area (Å²) < 4.78 is 5.84. The van der Waals surface area contributed by atoms with Crippen molar-refractivity contribution in [3.05, 3.63) is 70.8 Å². The smallest absolute Gasteiger partial charge is 0.261 e. The Hall–Kier alpha value is -3.03. The molecule has 0 N–H and O–H groups in total. The predicted molar refractivity (Wildman–Crippen MR) is 132 cm³/mol. The molecule has 5 rings (SSSR count). The van der Waals surface area contributed by atoms with Gasteiger partial charge in [-0.2, -0.15) is 0 Å². The van der Waals surface area contributed by atoms with Crippen LogP contribution in [0.5, 0.6) is 0 Å². The van der Waals surface area contributed by atoms with Crippen LogP contribution in [0.25, 0.3) is 0 Å². The third kappa shape index (κ3) is 5.02. The first-order chi connectivity index (χ1) is 16.9. The minimum Gasteiger partial charge on any atom is -0.373 e. The summed E-state index contributed by atoms with van der Waals surface area (Å²) in [5.74, 6) is 0.118. The molecule has 0 aliphatic carbocycles. The highest BCUT2D eigenvalue weighted by atomic mass is 16.5. The van der Waals surface area contributed by atoms with Gasteiger partial charge in [-0.05, 0) is 62.4 Å². The maximum Gasteiger partial charge on any atom is 0.261 e. The van der Waals surface area contributed by atoms with E-state index >= 15 is 0 Å². The highest BCUT2D eigenvalue weighted by molar-refractivity contribution is 6.21. The van der Waals surface area contributed by atoms with Crippen molar-refractivity contribution in [1.82, 2.24) is 14.7 Å². The third-order valence-corrected chi connectivity index (χ3v) is 7.33. The topological polar surface area (TPSA) is 70.2 Å². The molecule has 3 aliphatic rings. The van der Waals surface area contributed by atoms with Crippen molar-refractivity contribution in [2.24, 2.45) is 5.92 Å². The molecule has 2 atom stereocenters. The summed E-state index contributed by atoms with van der Waals surface area (Å²) in [6.45, 7) is 9.06. The maximum absolute atomic E-state index is 13.1. The predicted octanol–water partition coefficient (Wildman–Crippen LogP) is 3.44. The quantitative estimate of drug-likeness (QED) is 0.620. The largest absolute Gasteiger partial charge is 0.373 e. The summed E-state index contributed by atoms with van der Waals surface area (Å²) in [6.07, 6.45) is 2.59. The SMILES string of the molecule is CC1CN(CC2CCN(C(=O)c3ccc(CN4C(=O)c5ccccc5C4=O)cc3)CC2)CC(C)O1. The molecule has 0 aromatic heterocycles. The average molecular weight is 476 g/mol. The van der Waals surface area contributed by atoms with Gasteiger partial charge in [-0.3, -0.25) is 24.2 Å². The van der Waals surface area contributed by atoms with E-state index in [9.17, 15) is 14.4 Å². The molecule has 7 heteroatoms. The highest BCUT2D eigenvalue weighted by Gasteiger charge is 2.35. The molecule has 3 heterocycles. The molecule has 2 saturated heterocycles. The molecular formula is C28H33N3O4. The first kappa shape index (κ1) is 23.7. The van der Waals surface area contributed by atoms with Crippen LogP contribution < -0.4 is 0 Å². The highest BCUT2D eigenvalue weighted by Crippen LogP contribution is 2.25. The number of likely N-dealkylation sites (tertiary alicyclic amines) is 1. The van der Waals surface area contributed by atoms with Crippen LogP contribution in [0.4, 0.5) is 0 Å². The van der Waals surface area contributed by atoms with Gasteiger partial charge in [-0.15, -0.1) is 0 Å². The summed E-state index contributed by atoms with van der Waals surface area (Å²) in [7, 11) is 0. The second-order valence-electron chi connectivity index (χ2n) is 10.2. The molecular weight excluding hydrogens is 442 g/mol. The van der Waals surface area contributed by atoms with Crippen molar-refractivity contribution in [1.29, 1.82) is 0 Å². The lowest BCUT2D eigenvalue weighted by molar-refractivity contribution is -0.0728. The van der Waals surface area contributed by atoms with Crippen LogP contribution in [0.15, 0.2) is 48.5 Å². The molecule has 0 spiro atoms. The van der Waals surface area contributed by atoms with E-state index in [4.69, 9.17) is 4.74 Å². The molecule has 2 unspecified atom stereocenters. The minimum absolute atomic E-state index is 0.0457. The van der Waals surface area contributed by atoms with Gasteiger partial charge >= 0.3 is 0 Å². The van der Waals surface area contributed by atoms with Gasteiger partial charge in [0.15, 0.2) is 0 Å². The molecule has 3 aliphatic heterocycles. The Morgan fingerprint density at radius 3 is 2.03 bits per heavy atom. The Balaban J connectivity index is 1.14. The lowest BCUT2D eigenvalue weighted by Crippen LogP contribution is -2.48. The number of ether oxygens (including phenoxy) is 1. The molecule has 2 fully saturated rings. The van der Waals surface area contributed by atoms with Crippen LogP contribution in [0.3, 0.4) is 0 Å². The molecule has 2 aromatic carbocycles. The molecule has 2 aromatic rings. The summed E-state index contributed by atoms with van der Waals surface area (Å²) in [5.41, 5.74) is 2.37. The van der Waals surface area contributed by atoms with Crippen molar-refractivity contribution < 1.29 is 19.1 Å². The molecule has 184 valence electrons. The number of rotatable bonds is 5. The Morgan fingerprint density at radius 2 is 1.46 bits per heavy atom. The fourth-order valence-corrected chi connectivity index (χ4v) is 5.62. The van der Waals surface area contributed by atoms with E-state index in [0.29, 0.717) is 22.6 Å². The fraction of sp³-hybridized carbons (Fsp3) is 0.464. The maximum atomic E-state index is 13.1. The zero-order valence-electron chi connectivity index (χ0n) is 20.5. The molecule has 7 nitrogen and oxygen atoms in total. The van der Waals surface area contributed by atoms with Crippen molar-refractivity contribution in [2.75, 3.05) is 32.7 Å². The van der Waals surface area contributed by atoms with Gasteiger partial charge in [0.1, 0.15) is 0 Å². The lowest BCUT2D eigenvalue weighted by Gasteiger charge is -2.39. The second kappa shape index (κ2) is 9.91. The Labute approximate surface area is 206 Å². The average Bonchev–Trinajstić information content (AvgIpc) is 3.09. The van der Waals surface area contributed by atoms with Gasteiger partial charge in [0.05, 0.1) is 29.9 Å². The first-order valence-corrected chi connectivity index (χ1v) is 12.6. The summed E-state index contributed by atoms with van der Waals surface area (Å²) >= 11 is 0. The van der Waals surface area contributed by atoms with Gasteiger partial charge in [0.2, 0.25) is 0 Å². The normalized spacial score (nSPS) is 23.6. The third-order valence-electron chi connectivity index (χ3n) is 7.33. The number of carbonyl (C=O) groups excluding carboxylic acids is 3. The van der Waals surface area contributed by atoms with Crippen LogP contribution in [0, 0.1) is 5.92 Å². The van der Waals surface area contributed by atoms with Crippen LogP contribution in [0.2, 0.25) is 0 Å². The molecule has 0 bridgehead atoms. The van der Waals surface area contributed by atoms with Gasteiger partial charge in [-0.25, -0.2) is 0 Å². The number of nitrogens with zero attached hydrogens (tertiary/aromatic N) is 3. The number of morpholine rings is 1. The minimum atomic E-state index is -0.269. The number of piperidine rings is 1. The van der Waals surface area contributed by atoms with Gasteiger partial charge in [0, 0.05) is 38.3 Å². The van der Waals surface area contributed by atoms with E-state index < -0.39 is 0 Å². The number of fused-ring (bicyclic) bond motifs is 1. The number of amides is 3. The molecule has 0 radical (unpaired) electrons. The van der Waals surface area contributed by atoms with Crippen molar-refractivity contribution >= 4 is 17.7 Å². The monoisotopic (exact) mass is 475 g/mol. The van der Waals surface area contributed by atoms with E-state index in [1.54, 1.807) is 36.4 Å². The number of hydrogen-bond donors (Lipinski definition) is 0. The van der Waals surface area contributed by atoms with Gasteiger partial charge < -0.3 is 9.64 Å². The number of benzene rings is 2. The van der Waals surface area contributed by atoms with Crippen molar-refractivity contribution in [2.45, 2.75) is 45.4 Å².